The quantitative estimate of drug-likeness (QED) is 0.578. The Morgan fingerprint density at radius 2 is 2.12 bits per heavy atom. The van der Waals surface area contributed by atoms with Gasteiger partial charge in [0, 0.05) is 11.1 Å². The van der Waals surface area contributed by atoms with E-state index in [1.165, 1.54) is 30.4 Å². The van der Waals surface area contributed by atoms with Crippen LogP contribution in [-0.2, 0) is 4.79 Å². The van der Waals surface area contributed by atoms with E-state index < -0.39 is 0 Å². The number of thiazole rings is 1. The van der Waals surface area contributed by atoms with Gasteiger partial charge in [-0.3, -0.25) is 15.1 Å². The minimum atomic E-state index is -0.183. The number of carbonyl (C=O) groups excluding carboxylic acids is 1. The molecule has 0 atom stereocenters. The molecule has 1 saturated carbocycles. The second-order valence-electron chi connectivity index (χ2n) is 5.63. The van der Waals surface area contributed by atoms with Crippen LogP contribution in [0.1, 0.15) is 31.4 Å². The fourth-order valence-corrected chi connectivity index (χ4v) is 3.94. The Balaban J connectivity index is 1.86. The normalized spacial score (nSPS) is 15.7. The number of aromatic nitrogens is 2. The molecule has 0 unspecified atom stereocenters. The van der Waals surface area contributed by atoms with Crippen LogP contribution in [0.15, 0.2) is 35.5 Å². The molecule has 2 heterocycles. The first-order chi connectivity index (χ1) is 11.7. The molecule has 4 nitrogen and oxygen atoms in total. The Morgan fingerprint density at radius 1 is 1.33 bits per heavy atom. The Kier molecular flexibility index (Phi) is 5.92. The van der Waals surface area contributed by atoms with Crippen LogP contribution in [0.25, 0.3) is 5.57 Å². The standard InChI is InChI=1S/C17H18ClN3OS2/c1-23-12-6-7-14(19-9-12)13(8-11-4-2-3-5-11)16(22)21-17-20-10-15(18)24-17/h6-11H,2-5H2,1H3,(H,20,21,22). The number of carbonyl (C=O) groups is 1. The van der Waals surface area contributed by atoms with Crippen LogP contribution >= 0.6 is 34.7 Å². The van der Waals surface area contributed by atoms with Crippen LogP contribution in [0.2, 0.25) is 4.34 Å². The van der Waals surface area contributed by atoms with Gasteiger partial charge >= 0.3 is 0 Å². The molecule has 24 heavy (non-hydrogen) atoms. The van der Waals surface area contributed by atoms with Crippen LogP contribution < -0.4 is 5.32 Å². The number of allylic oxidation sites excluding steroid dienone is 1. The molecular weight excluding hydrogens is 362 g/mol. The van der Waals surface area contributed by atoms with Gasteiger partial charge in [0.1, 0.15) is 4.34 Å². The number of thioether (sulfide) groups is 1. The van der Waals surface area contributed by atoms with E-state index in [1.54, 1.807) is 18.0 Å². The number of halogens is 1. The van der Waals surface area contributed by atoms with Gasteiger partial charge in [0.2, 0.25) is 0 Å². The van der Waals surface area contributed by atoms with Gasteiger partial charge < -0.3 is 0 Å². The van der Waals surface area contributed by atoms with Crippen molar-refractivity contribution in [1.29, 1.82) is 0 Å². The summed E-state index contributed by atoms with van der Waals surface area (Å²) in [5.41, 5.74) is 1.31. The number of amides is 1. The maximum Gasteiger partial charge on any atom is 0.259 e. The van der Waals surface area contributed by atoms with Crippen molar-refractivity contribution in [3.63, 3.8) is 0 Å². The molecule has 1 aliphatic rings. The zero-order chi connectivity index (χ0) is 16.9. The molecule has 0 aromatic carbocycles. The summed E-state index contributed by atoms with van der Waals surface area (Å²) in [6, 6.07) is 3.89. The lowest BCUT2D eigenvalue weighted by molar-refractivity contribution is -0.111. The smallest absolute Gasteiger partial charge is 0.259 e. The van der Waals surface area contributed by atoms with Crippen LogP contribution in [0.4, 0.5) is 5.13 Å². The van der Waals surface area contributed by atoms with Gasteiger partial charge in [-0.15, -0.1) is 11.8 Å². The number of hydrogen-bond acceptors (Lipinski definition) is 5. The van der Waals surface area contributed by atoms with Crippen molar-refractivity contribution in [2.75, 3.05) is 11.6 Å². The monoisotopic (exact) mass is 379 g/mol. The van der Waals surface area contributed by atoms with Crippen molar-refractivity contribution in [1.82, 2.24) is 9.97 Å². The first-order valence-electron chi connectivity index (χ1n) is 7.80. The molecule has 0 spiro atoms. The lowest BCUT2D eigenvalue weighted by atomic mass is 10.0. The fourth-order valence-electron chi connectivity index (χ4n) is 2.77. The highest BCUT2D eigenvalue weighted by molar-refractivity contribution is 7.98. The van der Waals surface area contributed by atoms with Gasteiger partial charge in [0.15, 0.2) is 5.13 Å². The third kappa shape index (κ3) is 4.37. The van der Waals surface area contributed by atoms with E-state index in [1.807, 2.05) is 18.4 Å². The van der Waals surface area contributed by atoms with Crippen molar-refractivity contribution in [3.8, 4) is 0 Å². The van der Waals surface area contributed by atoms with E-state index >= 15 is 0 Å². The molecule has 0 bridgehead atoms. The second kappa shape index (κ2) is 8.14. The maximum atomic E-state index is 12.8. The second-order valence-corrected chi connectivity index (χ2v) is 8.17. The molecular formula is C17H18ClN3OS2. The van der Waals surface area contributed by atoms with Gasteiger partial charge in [0.05, 0.1) is 17.5 Å². The summed E-state index contributed by atoms with van der Waals surface area (Å²) in [6.45, 7) is 0. The average molecular weight is 380 g/mol. The summed E-state index contributed by atoms with van der Waals surface area (Å²) >= 11 is 8.77. The van der Waals surface area contributed by atoms with Crippen molar-refractivity contribution in [2.24, 2.45) is 5.92 Å². The highest BCUT2D eigenvalue weighted by Gasteiger charge is 2.20. The lowest BCUT2D eigenvalue weighted by Gasteiger charge is -2.10. The van der Waals surface area contributed by atoms with E-state index in [4.69, 9.17) is 11.6 Å². The van der Waals surface area contributed by atoms with Crippen molar-refractivity contribution >= 4 is 51.3 Å². The zero-order valence-corrected chi connectivity index (χ0v) is 15.7. The molecule has 0 saturated heterocycles. The summed E-state index contributed by atoms with van der Waals surface area (Å²) < 4.78 is 0.550. The summed E-state index contributed by atoms with van der Waals surface area (Å²) in [4.78, 5) is 22.4. The van der Waals surface area contributed by atoms with Crippen molar-refractivity contribution in [3.05, 3.63) is 40.6 Å². The van der Waals surface area contributed by atoms with Gasteiger partial charge in [0.25, 0.3) is 5.91 Å². The zero-order valence-electron chi connectivity index (χ0n) is 13.3. The molecule has 1 N–H and O–H groups in total. The minimum Gasteiger partial charge on any atom is -0.298 e. The van der Waals surface area contributed by atoms with E-state index in [9.17, 15) is 4.79 Å². The number of pyridine rings is 1. The number of anilines is 1. The SMILES string of the molecule is CSc1ccc(C(=CC2CCCC2)C(=O)Nc2ncc(Cl)s2)nc1. The maximum absolute atomic E-state index is 12.8. The molecule has 126 valence electrons. The number of rotatable bonds is 5. The summed E-state index contributed by atoms with van der Waals surface area (Å²) in [5.74, 6) is 0.255. The van der Waals surface area contributed by atoms with E-state index in [2.05, 4.69) is 21.4 Å². The van der Waals surface area contributed by atoms with E-state index in [0.717, 1.165) is 17.7 Å². The van der Waals surface area contributed by atoms with Crippen LogP contribution in [0, 0.1) is 5.92 Å². The van der Waals surface area contributed by atoms with Crippen LogP contribution in [-0.4, -0.2) is 22.1 Å². The molecule has 1 aliphatic carbocycles. The molecule has 2 aromatic rings. The lowest BCUT2D eigenvalue weighted by Crippen LogP contribution is -2.15. The van der Waals surface area contributed by atoms with Crippen molar-refractivity contribution in [2.45, 2.75) is 30.6 Å². The third-order valence-electron chi connectivity index (χ3n) is 3.99. The molecule has 1 amide bonds. The molecule has 1 fully saturated rings. The number of nitrogens with zero attached hydrogens (tertiary/aromatic N) is 2. The number of hydrogen-bond donors (Lipinski definition) is 1. The minimum absolute atomic E-state index is 0.183. The molecule has 0 radical (unpaired) electrons. The fraction of sp³-hybridized carbons (Fsp3) is 0.353. The highest BCUT2D eigenvalue weighted by Crippen LogP contribution is 2.30. The Labute approximate surface area is 154 Å². The van der Waals surface area contributed by atoms with E-state index in [-0.39, 0.29) is 5.91 Å². The molecule has 7 heteroatoms. The summed E-state index contributed by atoms with van der Waals surface area (Å²) in [6.07, 6.45) is 12.1. The van der Waals surface area contributed by atoms with Gasteiger partial charge in [-0.2, -0.15) is 0 Å². The third-order valence-corrected chi connectivity index (χ3v) is 5.74. The first-order valence-corrected chi connectivity index (χ1v) is 10.2. The average Bonchev–Trinajstić information content (AvgIpc) is 3.24. The molecule has 2 aromatic heterocycles. The van der Waals surface area contributed by atoms with Gasteiger partial charge in [-0.1, -0.05) is 41.9 Å². The molecule has 3 rings (SSSR count). The van der Waals surface area contributed by atoms with E-state index in [0.29, 0.717) is 26.7 Å². The number of nitrogens with one attached hydrogen (secondary N) is 1. The Hall–Kier alpha value is -1.37. The van der Waals surface area contributed by atoms with Gasteiger partial charge in [-0.05, 0) is 37.1 Å². The van der Waals surface area contributed by atoms with Crippen molar-refractivity contribution < 1.29 is 4.79 Å². The van der Waals surface area contributed by atoms with Gasteiger partial charge in [-0.25, -0.2) is 4.98 Å². The van der Waals surface area contributed by atoms with Crippen LogP contribution in [0.3, 0.4) is 0 Å². The summed E-state index contributed by atoms with van der Waals surface area (Å²) in [7, 11) is 0. The Bertz CT molecular complexity index is 737. The largest absolute Gasteiger partial charge is 0.298 e. The first kappa shape index (κ1) is 17.5. The van der Waals surface area contributed by atoms with Crippen LogP contribution in [0.5, 0.6) is 0 Å². The Morgan fingerprint density at radius 3 is 2.71 bits per heavy atom. The topological polar surface area (TPSA) is 54.9 Å². The molecule has 0 aliphatic heterocycles. The predicted octanol–water partition coefficient (Wildman–Crippen LogP) is 5.13. The predicted molar refractivity (Wildman–Crippen MR) is 102 cm³/mol. The highest BCUT2D eigenvalue weighted by atomic mass is 35.5. The summed E-state index contributed by atoms with van der Waals surface area (Å²) in [5, 5.41) is 3.34.